The number of hydrogen-bond acceptors (Lipinski definition) is 3. The highest BCUT2D eigenvalue weighted by atomic mass is 32.2. The molecule has 0 aliphatic carbocycles. The molecule has 6 heteroatoms. The highest BCUT2D eigenvalue weighted by Gasteiger charge is 2.36. The van der Waals surface area contributed by atoms with Gasteiger partial charge < -0.3 is 5.73 Å². The molecule has 20 heavy (non-hydrogen) atoms. The highest BCUT2D eigenvalue weighted by Crippen LogP contribution is 2.35. The Morgan fingerprint density at radius 3 is 2.85 bits per heavy atom. The molecule has 1 aromatic carbocycles. The summed E-state index contributed by atoms with van der Waals surface area (Å²) in [5.41, 5.74) is 8.34. The molecule has 0 saturated carbocycles. The molecule has 3 rings (SSSR count). The lowest BCUT2D eigenvalue weighted by atomic mass is 10.0. The van der Waals surface area contributed by atoms with Gasteiger partial charge in [-0.2, -0.15) is 12.7 Å². The molecule has 2 aliphatic heterocycles. The van der Waals surface area contributed by atoms with Gasteiger partial charge in [0.05, 0.1) is 5.69 Å². The van der Waals surface area contributed by atoms with E-state index in [0.717, 1.165) is 24.1 Å². The van der Waals surface area contributed by atoms with Crippen molar-refractivity contribution in [1.29, 1.82) is 0 Å². The summed E-state index contributed by atoms with van der Waals surface area (Å²) in [6.07, 6.45) is 2.75. The summed E-state index contributed by atoms with van der Waals surface area (Å²) in [5, 5.41) is 0. The predicted molar refractivity (Wildman–Crippen MR) is 80.8 cm³/mol. The Morgan fingerprint density at radius 1 is 1.30 bits per heavy atom. The normalized spacial score (nSPS) is 23.9. The third-order valence-electron chi connectivity index (χ3n) is 4.25. The summed E-state index contributed by atoms with van der Waals surface area (Å²) < 4.78 is 28.8. The van der Waals surface area contributed by atoms with Gasteiger partial charge in [0.1, 0.15) is 0 Å². The van der Waals surface area contributed by atoms with Gasteiger partial charge in [-0.05, 0) is 37.3 Å². The molecule has 1 aromatic rings. The summed E-state index contributed by atoms with van der Waals surface area (Å²) in [7, 11) is -3.41. The first kappa shape index (κ1) is 13.7. The lowest BCUT2D eigenvalue weighted by molar-refractivity contribution is 0.280. The van der Waals surface area contributed by atoms with Crippen LogP contribution in [0.2, 0.25) is 0 Å². The number of nitrogens with zero attached hydrogens (tertiary/aromatic N) is 2. The zero-order valence-electron chi connectivity index (χ0n) is 11.7. The number of hydrogen-bond donors (Lipinski definition) is 1. The molecule has 0 radical (unpaired) electrons. The molecule has 1 unspecified atom stereocenters. The Labute approximate surface area is 120 Å². The summed E-state index contributed by atoms with van der Waals surface area (Å²) in [4.78, 5) is 0. The average Bonchev–Trinajstić information content (AvgIpc) is 2.85. The van der Waals surface area contributed by atoms with E-state index in [-0.39, 0.29) is 0 Å². The topological polar surface area (TPSA) is 66.6 Å². The van der Waals surface area contributed by atoms with Crippen LogP contribution in [0.15, 0.2) is 18.2 Å². The van der Waals surface area contributed by atoms with Crippen molar-refractivity contribution in [2.45, 2.75) is 26.2 Å². The fourth-order valence-electron chi connectivity index (χ4n) is 3.17. The molecule has 0 amide bonds. The van der Waals surface area contributed by atoms with Crippen molar-refractivity contribution in [3.8, 4) is 0 Å². The van der Waals surface area contributed by atoms with Crippen LogP contribution in [-0.4, -0.2) is 32.4 Å². The summed E-state index contributed by atoms with van der Waals surface area (Å²) in [6, 6.07) is 5.50. The van der Waals surface area contributed by atoms with Gasteiger partial charge in [0.15, 0.2) is 0 Å². The quantitative estimate of drug-likeness (QED) is 0.843. The van der Waals surface area contributed by atoms with E-state index in [0.29, 0.717) is 37.7 Å². The number of rotatable bonds is 2. The average molecular weight is 295 g/mol. The maximum atomic E-state index is 12.8. The van der Waals surface area contributed by atoms with Gasteiger partial charge >= 0.3 is 10.2 Å². The van der Waals surface area contributed by atoms with Crippen molar-refractivity contribution in [2.24, 2.45) is 5.92 Å². The molecule has 5 nitrogen and oxygen atoms in total. The van der Waals surface area contributed by atoms with E-state index in [1.807, 2.05) is 18.2 Å². The number of benzene rings is 1. The van der Waals surface area contributed by atoms with Gasteiger partial charge in [-0.3, -0.25) is 4.31 Å². The van der Waals surface area contributed by atoms with Crippen molar-refractivity contribution in [2.75, 3.05) is 29.7 Å². The van der Waals surface area contributed by atoms with E-state index in [1.165, 1.54) is 4.31 Å². The van der Waals surface area contributed by atoms with Crippen LogP contribution in [0.5, 0.6) is 0 Å². The number of fused-ring (bicyclic) bond motifs is 1. The molecule has 2 heterocycles. The Balaban J connectivity index is 1.93. The Hall–Kier alpha value is -1.27. The maximum Gasteiger partial charge on any atom is 0.304 e. The number of nitrogens with two attached hydrogens (primary N) is 1. The largest absolute Gasteiger partial charge is 0.398 e. The third kappa shape index (κ3) is 2.16. The molecular weight excluding hydrogens is 274 g/mol. The molecular formula is C14H21N3O2S. The minimum Gasteiger partial charge on any atom is -0.398 e. The first-order valence-electron chi connectivity index (χ1n) is 7.15. The molecule has 2 aliphatic rings. The van der Waals surface area contributed by atoms with Crippen molar-refractivity contribution in [1.82, 2.24) is 4.31 Å². The van der Waals surface area contributed by atoms with E-state index in [1.54, 1.807) is 4.31 Å². The minimum absolute atomic E-state index is 0.432. The van der Waals surface area contributed by atoms with Crippen LogP contribution in [0.25, 0.3) is 0 Å². The standard InChI is InChI=1S/C14H21N3O2S/c1-11-4-3-8-16(10-11)20(18,19)17-9-7-12-13(15)5-2-6-14(12)17/h2,5-6,11H,3-4,7-10,15H2,1H3. The van der Waals surface area contributed by atoms with Gasteiger partial charge in [-0.1, -0.05) is 13.0 Å². The van der Waals surface area contributed by atoms with E-state index in [4.69, 9.17) is 5.73 Å². The summed E-state index contributed by atoms with van der Waals surface area (Å²) >= 11 is 0. The van der Waals surface area contributed by atoms with E-state index in [9.17, 15) is 8.42 Å². The maximum absolute atomic E-state index is 12.8. The molecule has 110 valence electrons. The van der Waals surface area contributed by atoms with Crippen LogP contribution in [-0.2, 0) is 16.6 Å². The molecule has 0 spiro atoms. The van der Waals surface area contributed by atoms with Crippen LogP contribution in [0.1, 0.15) is 25.3 Å². The van der Waals surface area contributed by atoms with Gasteiger partial charge in [-0.15, -0.1) is 0 Å². The molecule has 0 bridgehead atoms. The molecule has 1 fully saturated rings. The molecule has 0 aromatic heterocycles. The zero-order valence-corrected chi connectivity index (χ0v) is 12.6. The fourth-order valence-corrected chi connectivity index (χ4v) is 4.99. The first-order chi connectivity index (χ1) is 9.50. The van der Waals surface area contributed by atoms with Crippen molar-refractivity contribution in [3.63, 3.8) is 0 Å². The van der Waals surface area contributed by atoms with Crippen molar-refractivity contribution in [3.05, 3.63) is 23.8 Å². The SMILES string of the molecule is CC1CCCN(S(=O)(=O)N2CCc3c(N)cccc32)C1. The van der Waals surface area contributed by atoms with Crippen molar-refractivity contribution < 1.29 is 8.42 Å². The second kappa shape index (κ2) is 4.93. The van der Waals surface area contributed by atoms with Crippen LogP contribution >= 0.6 is 0 Å². The fraction of sp³-hybridized carbons (Fsp3) is 0.571. The Morgan fingerprint density at radius 2 is 2.10 bits per heavy atom. The first-order valence-corrected chi connectivity index (χ1v) is 8.55. The summed E-state index contributed by atoms with van der Waals surface area (Å²) in [6.45, 7) is 3.85. The van der Waals surface area contributed by atoms with Crippen LogP contribution in [0.3, 0.4) is 0 Å². The van der Waals surface area contributed by atoms with Crippen LogP contribution < -0.4 is 10.0 Å². The van der Waals surface area contributed by atoms with Crippen LogP contribution in [0, 0.1) is 5.92 Å². The number of nitrogen functional groups attached to an aromatic ring is 1. The second-order valence-electron chi connectivity index (χ2n) is 5.78. The minimum atomic E-state index is -3.41. The van der Waals surface area contributed by atoms with Gasteiger partial charge in [0, 0.05) is 30.9 Å². The van der Waals surface area contributed by atoms with E-state index < -0.39 is 10.2 Å². The lowest BCUT2D eigenvalue weighted by Gasteiger charge is -2.33. The number of anilines is 2. The molecule has 1 saturated heterocycles. The predicted octanol–water partition coefficient (Wildman–Crippen LogP) is 1.61. The highest BCUT2D eigenvalue weighted by molar-refractivity contribution is 7.90. The van der Waals surface area contributed by atoms with E-state index in [2.05, 4.69) is 6.92 Å². The van der Waals surface area contributed by atoms with Gasteiger partial charge in [0.2, 0.25) is 0 Å². The molecule has 1 atom stereocenters. The lowest BCUT2D eigenvalue weighted by Crippen LogP contribution is -2.47. The molecule has 2 N–H and O–H groups in total. The Bertz CT molecular complexity index is 615. The Kier molecular flexibility index (Phi) is 3.38. The third-order valence-corrected chi connectivity index (χ3v) is 6.17. The zero-order chi connectivity index (χ0) is 14.3. The van der Waals surface area contributed by atoms with Crippen molar-refractivity contribution >= 4 is 21.6 Å². The van der Waals surface area contributed by atoms with Gasteiger partial charge in [-0.25, -0.2) is 0 Å². The number of piperidine rings is 1. The van der Waals surface area contributed by atoms with Gasteiger partial charge in [0.25, 0.3) is 0 Å². The van der Waals surface area contributed by atoms with E-state index >= 15 is 0 Å². The van der Waals surface area contributed by atoms with Crippen LogP contribution in [0.4, 0.5) is 11.4 Å². The monoisotopic (exact) mass is 295 g/mol. The smallest absolute Gasteiger partial charge is 0.304 e. The summed E-state index contributed by atoms with van der Waals surface area (Å²) in [5.74, 6) is 0.432. The second-order valence-corrected chi connectivity index (χ2v) is 7.63.